The van der Waals surface area contributed by atoms with Crippen LogP contribution in [-0.2, 0) is 0 Å². The Bertz CT molecular complexity index is 983. The molecule has 2 heterocycles. The second kappa shape index (κ2) is 7.15. The molecule has 0 unspecified atom stereocenters. The molecule has 1 aliphatic heterocycles. The third-order valence-corrected chi connectivity index (χ3v) is 4.63. The molecule has 1 fully saturated rings. The smallest absolute Gasteiger partial charge is 0.254 e. The van der Waals surface area contributed by atoms with Gasteiger partial charge < -0.3 is 19.1 Å². The molecule has 2 aromatic carbocycles. The van der Waals surface area contributed by atoms with Crippen molar-refractivity contribution in [3.63, 3.8) is 0 Å². The van der Waals surface area contributed by atoms with Gasteiger partial charge in [0.1, 0.15) is 6.10 Å². The van der Waals surface area contributed by atoms with Crippen LogP contribution in [0.4, 0.5) is 0 Å². The van der Waals surface area contributed by atoms with E-state index in [4.69, 9.17) is 14.2 Å². The molecule has 0 radical (unpaired) electrons. The van der Waals surface area contributed by atoms with E-state index < -0.39 is 0 Å². The topological polar surface area (TPSA) is 60.9 Å². The van der Waals surface area contributed by atoms with Crippen LogP contribution in [0.1, 0.15) is 10.4 Å². The first kappa shape index (κ1) is 17.1. The summed E-state index contributed by atoms with van der Waals surface area (Å²) in [6.45, 7) is 1.06. The number of carbonyl (C=O) groups is 1. The second-order valence-corrected chi connectivity index (χ2v) is 6.36. The van der Waals surface area contributed by atoms with E-state index in [9.17, 15) is 4.79 Å². The highest BCUT2D eigenvalue weighted by molar-refractivity contribution is 5.95. The van der Waals surface area contributed by atoms with E-state index in [1.54, 1.807) is 37.3 Å². The first-order chi connectivity index (χ1) is 13.2. The number of methoxy groups -OCH3 is 2. The van der Waals surface area contributed by atoms with Crippen LogP contribution in [0.2, 0.25) is 0 Å². The van der Waals surface area contributed by atoms with Gasteiger partial charge in [-0.3, -0.25) is 4.79 Å². The van der Waals surface area contributed by atoms with Crippen molar-refractivity contribution in [2.45, 2.75) is 6.10 Å². The first-order valence-electron chi connectivity index (χ1n) is 8.71. The molecule has 6 nitrogen and oxygen atoms in total. The zero-order chi connectivity index (χ0) is 18.8. The molecule has 4 rings (SSSR count). The van der Waals surface area contributed by atoms with Crippen molar-refractivity contribution in [2.24, 2.45) is 0 Å². The molecule has 0 saturated carbocycles. The van der Waals surface area contributed by atoms with Crippen molar-refractivity contribution in [3.05, 3.63) is 60.2 Å². The van der Waals surface area contributed by atoms with Crippen LogP contribution < -0.4 is 14.2 Å². The highest BCUT2D eigenvalue weighted by Gasteiger charge is 2.33. The van der Waals surface area contributed by atoms with E-state index in [-0.39, 0.29) is 12.0 Å². The number of para-hydroxylation sites is 1. The van der Waals surface area contributed by atoms with Gasteiger partial charge >= 0.3 is 0 Å². The van der Waals surface area contributed by atoms with Gasteiger partial charge in [-0.05, 0) is 30.3 Å². The standard InChI is InChI=1S/C21H20N2O4/c1-25-18-9-7-15(11-19(18)26-2)21(24)23-12-16(13-23)27-20-10-8-14-5-3-4-6-17(14)22-20/h3-11,16H,12-13H2,1-2H3. The number of carbonyl (C=O) groups excluding carboxylic acids is 1. The summed E-state index contributed by atoms with van der Waals surface area (Å²) in [5.41, 5.74) is 1.46. The maximum Gasteiger partial charge on any atom is 0.254 e. The lowest BCUT2D eigenvalue weighted by Gasteiger charge is -2.38. The molecule has 1 aromatic heterocycles. The lowest BCUT2D eigenvalue weighted by molar-refractivity contribution is 0.0161. The quantitative estimate of drug-likeness (QED) is 0.696. The van der Waals surface area contributed by atoms with Gasteiger partial charge in [0.15, 0.2) is 11.5 Å². The van der Waals surface area contributed by atoms with Gasteiger partial charge in [-0.1, -0.05) is 18.2 Å². The largest absolute Gasteiger partial charge is 0.493 e. The van der Waals surface area contributed by atoms with Crippen LogP contribution in [0, 0.1) is 0 Å². The molecular weight excluding hydrogens is 344 g/mol. The van der Waals surface area contributed by atoms with Crippen LogP contribution in [0.15, 0.2) is 54.6 Å². The Labute approximate surface area is 157 Å². The van der Waals surface area contributed by atoms with Crippen molar-refractivity contribution in [1.82, 2.24) is 9.88 Å². The van der Waals surface area contributed by atoms with Gasteiger partial charge in [-0.2, -0.15) is 0 Å². The van der Waals surface area contributed by atoms with Crippen LogP contribution >= 0.6 is 0 Å². The number of amides is 1. The molecule has 1 saturated heterocycles. The van der Waals surface area contributed by atoms with Crippen molar-refractivity contribution >= 4 is 16.8 Å². The SMILES string of the molecule is COc1ccc(C(=O)N2CC(Oc3ccc4ccccc4n3)C2)cc1OC. The normalized spacial score (nSPS) is 13.9. The third-order valence-electron chi connectivity index (χ3n) is 4.63. The summed E-state index contributed by atoms with van der Waals surface area (Å²) in [5.74, 6) is 1.66. The van der Waals surface area contributed by atoms with E-state index in [0.29, 0.717) is 36.0 Å². The van der Waals surface area contributed by atoms with Gasteiger partial charge in [-0.25, -0.2) is 4.98 Å². The van der Waals surface area contributed by atoms with Crippen molar-refractivity contribution in [3.8, 4) is 17.4 Å². The number of nitrogens with zero attached hydrogens (tertiary/aromatic N) is 2. The van der Waals surface area contributed by atoms with Crippen molar-refractivity contribution < 1.29 is 19.0 Å². The predicted molar refractivity (Wildman–Crippen MR) is 102 cm³/mol. The summed E-state index contributed by atoms with van der Waals surface area (Å²) >= 11 is 0. The minimum atomic E-state index is -0.0535. The van der Waals surface area contributed by atoms with Crippen molar-refractivity contribution in [2.75, 3.05) is 27.3 Å². The van der Waals surface area contributed by atoms with Crippen LogP contribution in [0.3, 0.4) is 0 Å². The second-order valence-electron chi connectivity index (χ2n) is 6.36. The summed E-state index contributed by atoms with van der Waals surface area (Å²) < 4.78 is 16.4. The Balaban J connectivity index is 1.39. The predicted octanol–water partition coefficient (Wildman–Crippen LogP) is 3.16. The molecule has 138 valence electrons. The number of rotatable bonds is 5. The summed E-state index contributed by atoms with van der Waals surface area (Å²) in [5, 5.41) is 1.07. The zero-order valence-corrected chi connectivity index (χ0v) is 15.2. The molecule has 0 atom stereocenters. The fourth-order valence-corrected chi connectivity index (χ4v) is 3.11. The van der Waals surface area contributed by atoms with E-state index >= 15 is 0 Å². The number of hydrogen-bond donors (Lipinski definition) is 0. The van der Waals surface area contributed by atoms with Gasteiger partial charge in [0.05, 0.1) is 32.8 Å². The molecular formula is C21H20N2O4. The first-order valence-corrected chi connectivity index (χ1v) is 8.71. The van der Waals surface area contributed by atoms with Crippen LogP contribution in [0.5, 0.6) is 17.4 Å². The van der Waals surface area contributed by atoms with Crippen LogP contribution in [0.25, 0.3) is 10.9 Å². The maximum atomic E-state index is 12.6. The monoisotopic (exact) mass is 364 g/mol. The molecule has 27 heavy (non-hydrogen) atoms. The number of aromatic nitrogens is 1. The maximum absolute atomic E-state index is 12.6. The number of benzene rings is 2. The number of ether oxygens (including phenoxy) is 3. The number of likely N-dealkylation sites (tertiary alicyclic amines) is 1. The van der Waals surface area contributed by atoms with E-state index in [2.05, 4.69) is 4.98 Å². The average molecular weight is 364 g/mol. The Morgan fingerprint density at radius 2 is 1.78 bits per heavy atom. The average Bonchev–Trinajstić information content (AvgIpc) is 2.69. The molecule has 0 aliphatic carbocycles. The van der Waals surface area contributed by atoms with Gasteiger partial charge in [-0.15, -0.1) is 0 Å². The molecule has 0 N–H and O–H groups in total. The summed E-state index contributed by atoms with van der Waals surface area (Å²) in [6, 6.07) is 16.9. The Morgan fingerprint density at radius 1 is 1.00 bits per heavy atom. The van der Waals surface area contributed by atoms with Crippen molar-refractivity contribution in [1.29, 1.82) is 0 Å². The molecule has 6 heteroatoms. The summed E-state index contributed by atoms with van der Waals surface area (Å²) in [4.78, 5) is 18.9. The van der Waals surface area contributed by atoms with E-state index in [1.165, 1.54) is 0 Å². The molecule has 0 spiro atoms. The highest BCUT2D eigenvalue weighted by Crippen LogP contribution is 2.29. The third kappa shape index (κ3) is 3.38. The molecule has 0 bridgehead atoms. The Kier molecular flexibility index (Phi) is 4.54. The van der Waals surface area contributed by atoms with Gasteiger partial charge in [0, 0.05) is 17.0 Å². The molecule has 1 amide bonds. The molecule has 1 aliphatic rings. The minimum absolute atomic E-state index is 0.0530. The lowest BCUT2D eigenvalue weighted by atomic mass is 10.1. The van der Waals surface area contributed by atoms with E-state index in [1.807, 2.05) is 36.4 Å². The summed E-state index contributed by atoms with van der Waals surface area (Å²) in [7, 11) is 3.12. The van der Waals surface area contributed by atoms with Gasteiger partial charge in [0.2, 0.25) is 5.88 Å². The summed E-state index contributed by atoms with van der Waals surface area (Å²) in [6.07, 6.45) is -0.0530. The highest BCUT2D eigenvalue weighted by atomic mass is 16.5. The zero-order valence-electron chi connectivity index (χ0n) is 15.2. The minimum Gasteiger partial charge on any atom is -0.493 e. The number of pyridine rings is 1. The molecule has 3 aromatic rings. The number of hydrogen-bond acceptors (Lipinski definition) is 5. The Hall–Kier alpha value is -3.28. The fraction of sp³-hybridized carbons (Fsp3) is 0.238. The Morgan fingerprint density at radius 3 is 2.56 bits per heavy atom. The fourth-order valence-electron chi connectivity index (χ4n) is 3.11. The van der Waals surface area contributed by atoms with Gasteiger partial charge in [0.25, 0.3) is 5.91 Å². The lowest BCUT2D eigenvalue weighted by Crippen LogP contribution is -2.56. The van der Waals surface area contributed by atoms with Crippen LogP contribution in [-0.4, -0.2) is 49.2 Å². The van der Waals surface area contributed by atoms with E-state index in [0.717, 1.165) is 10.9 Å². The number of fused-ring (bicyclic) bond motifs is 1.